The van der Waals surface area contributed by atoms with Gasteiger partial charge >= 0.3 is 0 Å². The Morgan fingerprint density at radius 2 is 1.48 bits per heavy atom. The molecule has 0 aliphatic carbocycles. The molecule has 1 heterocycles. The monoisotopic (exact) mass is 354 g/mol. The molecule has 0 N–H and O–H groups in total. The van der Waals surface area contributed by atoms with Crippen molar-refractivity contribution in [3.8, 4) is 0 Å². The van der Waals surface area contributed by atoms with Crippen molar-refractivity contribution in [1.82, 2.24) is 9.80 Å². The number of carbonyl (C=O) groups is 2. The molecule has 0 bridgehead atoms. The maximum atomic E-state index is 12.5. The molecule has 2 amide bonds. The fourth-order valence-corrected chi connectivity index (χ4v) is 3.36. The molecule has 0 radical (unpaired) electrons. The maximum absolute atomic E-state index is 12.5. The molecule has 1 saturated heterocycles. The average Bonchev–Trinajstić information content (AvgIpc) is 2.69. The Morgan fingerprint density at radius 3 is 2.08 bits per heavy atom. The van der Waals surface area contributed by atoms with Crippen molar-refractivity contribution in [2.75, 3.05) is 32.4 Å². The zero-order valence-corrected chi connectivity index (χ0v) is 15.2. The first-order valence-corrected chi connectivity index (χ1v) is 9.65. The van der Waals surface area contributed by atoms with Gasteiger partial charge in [-0.1, -0.05) is 30.3 Å². The fourth-order valence-electron chi connectivity index (χ4n) is 2.95. The molecular weight excluding hydrogens is 332 g/mol. The Kier molecular flexibility index (Phi) is 5.76. The van der Waals surface area contributed by atoms with Gasteiger partial charge in [0.25, 0.3) is 5.91 Å². The van der Waals surface area contributed by atoms with E-state index in [1.54, 1.807) is 11.8 Å². The maximum Gasteiger partial charge on any atom is 0.253 e. The van der Waals surface area contributed by atoms with Crippen LogP contribution >= 0.6 is 11.8 Å². The second-order valence-electron chi connectivity index (χ2n) is 6.06. The number of hydrogen-bond acceptors (Lipinski definition) is 3. The van der Waals surface area contributed by atoms with E-state index in [1.807, 2.05) is 70.7 Å². The Bertz CT molecular complexity index is 723. The molecule has 1 aliphatic heterocycles. The van der Waals surface area contributed by atoms with Gasteiger partial charge < -0.3 is 9.80 Å². The van der Waals surface area contributed by atoms with E-state index in [-0.39, 0.29) is 11.8 Å². The number of nitrogens with zero attached hydrogens (tertiary/aromatic N) is 2. The van der Waals surface area contributed by atoms with E-state index in [0.717, 1.165) is 5.56 Å². The number of hydrogen-bond donors (Lipinski definition) is 0. The summed E-state index contributed by atoms with van der Waals surface area (Å²) in [5, 5.41) is 0. The van der Waals surface area contributed by atoms with Gasteiger partial charge in [0, 0.05) is 36.6 Å². The third-order valence-corrected chi connectivity index (χ3v) is 5.20. The van der Waals surface area contributed by atoms with Crippen molar-refractivity contribution in [3.63, 3.8) is 0 Å². The highest BCUT2D eigenvalue weighted by atomic mass is 32.2. The molecule has 0 unspecified atom stereocenters. The van der Waals surface area contributed by atoms with Crippen molar-refractivity contribution in [1.29, 1.82) is 0 Å². The Morgan fingerprint density at radius 1 is 0.880 bits per heavy atom. The molecule has 0 saturated carbocycles. The third kappa shape index (κ3) is 4.42. The summed E-state index contributed by atoms with van der Waals surface area (Å²) in [5.41, 5.74) is 1.74. The Balaban J connectivity index is 1.53. The molecule has 130 valence electrons. The van der Waals surface area contributed by atoms with Crippen LogP contribution in [0, 0.1) is 0 Å². The highest BCUT2D eigenvalue weighted by Gasteiger charge is 2.24. The van der Waals surface area contributed by atoms with Crippen molar-refractivity contribution >= 4 is 23.6 Å². The van der Waals surface area contributed by atoms with Gasteiger partial charge in [-0.3, -0.25) is 9.59 Å². The average molecular weight is 354 g/mol. The summed E-state index contributed by atoms with van der Waals surface area (Å²) in [6, 6.07) is 17.4. The van der Waals surface area contributed by atoms with Crippen LogP contribution in [0.3, 0.4) is 0 Å². The predicted molar refractivity (Wildman–Crippen MR) is 101 cm³/mol. The summed E-state index contributed by atoms with van der Waals surface area (Å²) in [6.45, 7) is 2.37. The highest BCUT2D eigenvalue weighted by Crippen LogP contribution is 2.16. The van der Waals surface area contributed by atoms with Crippen LogP contribution in [0.4, 0.5) is 0 Å². The van der Waals surface area contributed by atoms with Gasteiger partial charge in [-0.05, 0) is 36.1 Å². The van der Waals surface area contributed by atoms with E-state index in [1.165, 1.54) is 4.90 Å². The minimum Gasteiger partial charge on any atom is -0.339 e. The van der Waals surface area contributed by atoms with E-state index in [4.69, 9.17) is 0 Å². The van der Waals surface area contributed by atoms with E-state index in [2.05, 4.69) is 0 Å². The number of piperazine rings is 1. The summed E-state index contributed by atoms with van der Waals surface area (Å²) < 4.78 is 0. The summed E-state index contributed by atoms with van der Waals surface area (Å²) in [6.07, 6.45) is 2.46. The number of rotatable bonds is 4. The molecule has 1 fully saturated rings. The van der Waals surface area contributed by atoms with Crippen LogP contribution in [0.25, 0.3) is 0 Å². The molecular formula is C20H22N2O2S. The Hall–Kier alpha value is -2.27. The smallest absolute Gasteiger partial charge is 0.253 e. The Labute approximate surface area is 152 Å². The summed E-state index contributed by atoms with van der Waals surface area (Å²) in [4.78, 5) is 29.8. The molecule has 5 heteroatoms. The molecule has 0 atom stereocenters. The van der Waals surface area contributed by atoms with Gasteiger partial charge in [0.2, 0.25) is 5.91 Å². The van der Waals surface area contributed by atoms with Crippen LogP contribution < -0.4 is 0 Å². The van der Waals surface area contributed by atoms with Crippen LogP contribution in [0.1, 0.15) is 15.9 Å². The van der Waals surface area contributed by atoms with Crippen LogP contribution in [-0.2, 0) is 11.2 Å². The predicted octanol–water partition coefficient (Wildman–Crippen LogP) is 2.94. The zero-order valence-electron chi connectivity index (χ0n) is 14.4. The SMILES string of the molecule is CSc1ccc(CC(=O)N2CCN(C(=O)c3ccccc3)CC2)cc1. The third-order valence-electron chi connectivity index (χ3n) is 4.45. The number of carbonyl (C=O) groups excluding carboxylic acids is 2. The van der Waals surface area contributed by atoms with Gasteiger partial charge in [0.05, 0.1) is 6.42 Å². The molecule has 25 heavy (non-hydrogen) atoms. The van der Waals surface area contributed by atoms with Gasteiger partial charge in [-0.15, -0.1) is 11.8 Å². The lowest BCUT2D eigenvalue weighted by molar-refractivity contribution is -0.131. The molecule has 0 spiro atoms. The largest absolute Gasteiger partial charge is 0.339 e. The summed E-state index contributed by atoms with van der Waals surface area (Å²) in [5.74, 6) is 0.170. The van der Waals surface area contributed by atoms with Gasteiger partial charge in [0.15, 0.2) is 0 Å². The van der Waals surface area contributed by atoms with Gasteiger partial charge in [-0.2, -0.15) is 0 Å². The number of thioether (sulfide) groups is 1. The lowest BCUT2D eigenvalue weighted by atomic mass is 10.1. The van der Waals surface area contributed by atoms with Crippen LogP contribution in [0.2, 0.25) is 0 Å². The quantitative estimate of drug-likeness (QED) is 0.793. The first kappa shape index (κ1) is 17.5. The minimum absolute atomic E-state index is 0.0420. The van der Waals surface area contributed by atoms with Gasteiger partial charge in [-0.25, -0.2) is 0 Å². The zero-order chi connectivity index (χ0) is 17.6. The first-order chi connectivity index (χ1) is 12.2. The lowest BCUT2D eigenvalue weighted by Gasteiger charge is -2.35. The molecule has 2 aromatic carbocycles. The van der Waals surface area contributed by atoms with E-state index < -0.39 is 0 Å². The molecule has 3 rings (SSSR count). The summed E-state index contributed by atoms with van der Waals surface area (Å²) >= 11 is 1.69. The van der Waals surface area contributed by atoms with Crippen LogP contribution in [-0.4, -0.2) is 54.0 Å². The van der Waals surface area contributed by atoms with E-state index >= 15 is 0 Å². The second-order valence-corrected chi connectivity index (χ2v) is 6.94. The second kappa shape index (κ2) is 8.21. The van der Waals surface area contributed by atoms with E-state index in [9.17, 15) is 9.59 Å². The summed E-state index contributed by atoms with van der Waals surface area (Å²) in [7, 11) is 0. The minimum atomic E-state index is 0.0420. The van der Waals surface area contributed by atoms with Crippen molar-refractivity contribution in [2.24, 2.45) is 0 Å². The van der Waals surface area contributed by atoms with Crippen LogP contribution in [0.5, 0.6) is 0 Å². The van der Waals surface area contributed by atoms with Crippen molar-refractivity contribution < 1.29 is 9.59 Å². The molecule has 1 aliphatic rings. The molecule has 0 aromatic heterocycles. The standard InChI is InChI=1S/C20H22N2O2S/c1-25-18-9-7-16(8-10-18)15-19(23)21-11-13-22(14-12-21)20(24)17-5-3-2-4-6-17/h2-10H,11-15H2,1H3. The van der Waals surface area contributed by atoms with E-state index in [0.29, 0.717) is 38.2 Å². The van der Waals surface area contributed by atoms with Crippen molar-refractivity contribution in [3.05, 3.63) is 65.7 Å². The normalized spacial score (nSPS) is 14.4. The van der Waals surface area contributed by atoms with Crippen LogP contribution in [0.15, 0.2) is 59.5 Å². The first-order valence-electron chi connectivity index (χ1n) is 8.42. The molecule has 2 aromatic rings. The number of amides is 2. The highest BCUT2D eigenvalue weighted by molar-refractivity contribution is 7.98. The van der Waals surface area contributed by atoms with Crippen molar-refractivity contribution in [2.45, 2.75) is 11.3 Å². The topological polar surface area (TPSA) is 40.6 Å². The number of benzene rings is 2. The van der Waals surface area contributed by atoms with Gasteiger partial charge in [0.1, 0.15) is 0 Å². The lowest BCUT2D eigenvalue weighted by Crippen LogP contribution is -2.51. The molecule has 4 nitrogen and oxygen atoms in total. The fraction of sp³-hybridized carbons (Fsp3) is 0.300.